The molecule has 134 valence electrons. The van der Waals surface area contributed by atoms with Crippen LogP contribution in [0.5, 0.6) is 5.75 Å². The minimum absolute atomic E-state index is 0.141. The smallest absolute Gasteiger partial charge is 0.313 e. The van der Waals surface area contributed by atoms with Crippen LogP contribution in [-0.2, 0) is 9.59 Å². The lowest BCUT2D eigenvalue weighted by atomic mass is 9.88. The summed E-state index contributed by atoms with van der Waals surface area (Å²) in [7, 11) is 1.51. The Balaban J connectivity index is 2.10. The van der Waals surface area contributed by atoms with Crippen LogP contribution < -0.4 is 15.4 Å². The molecule has 0 saturated heterocycles. The number of anilines is 1. The van der Waals surface area contributed by atoms with Crippen LogP contribution in [0.25, 0.3) is 11.3 Å². The van der Waals surface area contributed by atoms with Crippen molar-refractivity contribution in [3.8, 4) is 17.1 Å². The third kappa shape index (κ3) is 4.59. The molecule has 0 spiro atoms. The molecule has 2 N–H and O–H groups in total. The summed E-state index contributed by atoms with van der Waals surface area (Å²) in [5, 5.41) is 5.27. The van der Waals surface area contributed by atoms with Crippen molar-refractivity contribution in [2.75, 3.05) is 12.4 Å². The monoisotopic (exact) mass is 345 g/mol. The predicted molar refractivity (Wildman–Crippen MR) is 94.2 cm³/mol. The van der Waals surface area contributed by atoms with E-state index < -0.39 is 11.8 Å². The Labute approximate surface area is 146 Å². The van der Waals surface area contributed by atoms with Crippen LogP contribution in [-0.4, -0.2) is 29.9 Å². The van der Waals surface area contributed by atoms with Gasteiger partial charge in [-0.2, -0.15) is 0 Å². The summed E-state index contributed by atoms with van der Waals surface area (Å²) >= 11 is 0. The van der Waals surface area contributed by atoms with Gasteiger partial charge >= 0.3 is 11.8 Å². The topological polar surface area (TPSA) is 93.5 Å². The quantitative estimate of drug-likeness (QED) is 0.831. The summed E-state index contributed by atoms with van der Waals surface area (Å²) in [4.78, 5) is 28.0. The highest BCUT2D eigenvalue weighted by Crippen LogP contribution is 2.32. The van der Waals surface area contributed by atoms with Crippen LogP contribution in [0.4, 0.5) is 5.69 Å². The molecule has 2 amide bonds. The number of carbonyl (C=O) groups is 2. The summed E-state index contributed by atoms with van der Waals surface area (Å²) in [6.45, 7) is 7.83. The molecular weight excluding hydrogens is 322 g/mol. The SMILES string of the molecule is COc1cc(NC(=O)C(=O)NC(C)C(C)(C)C)ccc1-c1cnco1. The van der Waals surface area contributed by atoms with E-state index in [4.69, 9.17) is 9.15 Å². The highest BCUT2D eigenvalue weighted by Gasteiger charge is 2.24. The van der Waals surface area contributed by atoms with Crippen molar-refractivity contribution >= 4 is 17.5 Å². The number of hydrogen-bond donors (Lipinski definition) is 2. The largest absolute Gasteiger partial charge is 0.496 e. The van der Waals surface area contributed by atoms with Crippen molar-refractivity contribution in [1.29, 1.82) is 0 Å². The maximum atomic E-state index is 12.1. The Kier molecular flexibility index (Phi) is 5.46. The Morgan fingerprint density at radius 1 is 1.24 bits per heavy atom. The fourth-order valence-corrected chi connectivity index (χ4v) is 1.99. The third-order valence-electron chi connectivity index (χ3n) is 4.01. The van der Waals surface area contributed by atoms with E-state index in [9.17, 15) is 9.59 Å². The number of amides is 2. The summed E-state index contributed by atoms with van der Waals surface area (Å²) in [6.07, 6.45) is 2.89. The number of carbonyl (C=O) groups excluding carboxylic acids is 2. The second kappa shape index (κ2) is 7.38. The fraction of sp³-hybridized carbons (Fsp3) is 0.389. The maximum absolute atomic E-state index is 12.1. The second-order valence-electron chi connectivity index (χ2n) is 6.80. The zero-order valence-electron chi connectivity index (χ0n) is 15.0. The summed E-state index contributed by atoms with van der Waals surface area (Å²) in [5.41, 5.74) is 1.00. The molecule has 0 fully saturated rings. The second-order valence-corrected chi connectivity index (χ2v) is 6.80. The van der Waals surface area contributed by atoms with Crippen LogP contribution in [0.3, 0.4) is 0 Å². The molecule has 25 heavy (non-hydrogen) atoms. The van der Waals surface area contributed by atoms with Gasteiger partial charge in [-0.3, -0.25) is 9.59 Å². The molecule has 1 heterocycles. The van der Waals surface area contributed by atoms with Gasteiger partial charge in [-0.05, 0) is 24.5 Å². The van der Waals surface area contributed by atoms with E-state index >= 15 is 0 Å². The van der Waals surface area contributed by atoms with E-state index in [0.29, 0.717) is 22.8 Å². The van der Waals surface area contributed by atoms with Gasteiger partial charge in [-0.1, -0.05) is 20.8 Å². The van der Waals surface area contributed by atoms with Crippen molar-refractivity contribution < 1.29 is 18.7 Å². The standard InChI is InChI=1S/C18H23N3O4/c1-11(18(2,3)4)20-16(22)17(23)21-12-6-7-13(14(8-12)24-5)15-9-19-10-25-15/h6-11H,1-5H3,(H,20,22)(H,21,23). The van der Waals surface area contributed by atoms with E-state index in [1.165, 1.54) is 13.5 Å². The van der Waals surface area contributed by atoms with Gasteiger partial charge in [0.25, 0.3) is 0 Å². The molecular formula is C18H23N3O4. The number of methoxy groups -OCH3 is 1. The van der Waals surface area contributed by atoms with Crippen molar-refractivity contribution in [3.05, 3.63) is 30.8 Å². The average molecular weight is 345 g/mol. The number of rotatable bonds is 4. The van der Waals surface area contributed by atoms with Crippen LogP contribution >= 0.6 is 0 Å². The van der Waals surface area contributed by atoms with Crippen LogP contribution in [0.1, 0.15) is 27.7 Å². The zero-order valence-corrected chi connectivity index (χ0v) is 15.0. The molecule has 7 heteroatoms. The minimum atomic E-state index is -0.731. The van der Waals surface area contributed by atoms with E-state index in [2.05, 4.69) is 15.6 Å². The molecule has 1 unspecified atom stereocenters. The number of aromatic nitrogens is 1. The van der Waals surface area contributed by atoms with Crippen molar-refractivity contribution in [3.63, 3.8) is 0 Å². The zero-order chi connectivity index (χ0) is 18.6. The lowest BCUT2D eigenvalue weighted by Gasteiger charge is -2.27. The number of nitrogens with zero attached hydrogens (tertiary/aromatic N) is 1. The van der Waals surface area contributed by atoms with Crippen molar-refractivity contribution in [2.24, 2.45) is 5.41 Å². The molecule has 0 saturated carbocycles. The molecule has 2 aromatic rings. The molecule has 0 aliphatic carbocycles. The normalized spacial score (nSPS) is 12.4. The van der Waals surface area contributed by atoms with E-state index in [1.54, 1.807) is 24.4 Å². The summed E-state index contributed by atoms with van der Waals surface area (Å²) in [6, 6.07) is 4.87. The molecule has 0 aliphatic heterocycles. The fourth-order valence-electron chi connectivity index (χ4n) is 1.99. The number of ether oxygens (including phenoxy) is 1. The average Bonchev–Trinajstić information content (AvgIpc) is 3.07. The Hall–Kier alpha value is -2.83. The third-order valence-corrected chi connectivity index (χ3v) is 4.01. The van der Waals surface area contributed by atoms with Gasteiger partial charge in [0.05, 0.1) is 18.9 Å². The molecule has 1 aromatic heterocycles. The molecule has 0 radical (unpaired) electrons. The number of hydrogen-bond acceptors (Lipinski definition) is 5. The highest BCUT2D eigenvalue weighted by molar-refractivity contribution is 6.39. The van der Waals surface area contributed by atoms with Crippen molar-refractivity contribution in [1.82, 2.24) is 10.3 Å². The van der Waals surface area contributed by atoms with Gasteiger partial charge in [0, 0.05) is 17.8 Å². The molecule has 1 atom stereocenters. The van der Waals surface area contributed by atoms with E-state index in [1.807, 2.05) is 27.7 Å². The molecule has 7 nitrogen and oxygen atoms in total. The van der Waals surface area contributed by atoms with Gasteiger partial charge < -0.3 is 19.8 Å². The molecule has 1 aromatic carbocycles. The molecule has 0 bridgehead atoms. The first-order valence-corrected chi connectivity index (χ1v) is 7.91. The highest BCUT2D eigenvalue weighted by atomic mass is 16.5. The molecule has 0 aliphatic rings. The summed E-state index contributed by atoms with van der Waals surface area (Å²) < 4.78 is 10.6. The predicted octanol–water partition coefficient (Wildman–Crippen LogP) is 2.84. The van der Waals surface area contributed by atoms with Crippen molar-refractivity contribution in [2.45, 2.75) is 33.7 Å². The number of nitrogens with one attached hydrogen (secondary N) is 2. The Morgan fingerprint density at radius 3 is 2.52 bits per heavy atom. The van der Waals surface area contributed by atoms with Gasteiger partial charge in [-0.25, -0.2) is 4.98 Å². The summed E-state index contributed by atoms with van der Waals surface area (Å²) in [5.74, 6) is -0.365. The van der Waals surface area contributed by atoms with Crippen LogP contribution in [0.15, 0.2) is 35.2 Å². The minimum Gasteiger partial charge on any atom is -0.496 e. The van der Waals surface area contributed by atoms with Gasteiger partial charge in [0.2, 0.25) is 0 Å². The van der Waals surface area contributed by atoms with Gasteiger partial charge in [-0.15, -0.1) is 0 Å². The lowest BCUT2D eigenvalue weighted by Crippen LogP contribution is -2.46. The first-order chi connectivity index (χ1) is 11.7. The van der Waals surface area contributed by atoms with Crippen LogP contribution in [0.2, 0.25) is 0 Å². The van der Waals surface area contributed by atoms with E-state index in [0.717, 1.165) is 0 Å². The lowest BCUT2D eigenvalue weighted by molar-refractivity contribution is -0.137. The molecule has 2 rings (SSSR count). The van der Waals surface area contributed by atoms with Gasteiger partial charge in [0.15, 0.2) is 12.2 Å². The van der Waals surface area contributed by atoms with Gasteiger partial charge in [0.1, 0.15) is 5.75 Å². The van der Waals surface area contributed by atoms with Crippen LogP contribution in [0, 0.1) is 5.41 Å². The van der Waals surface area contributed by atoms with E-state index in [-0.39, 0.29) is 11.5 Å². The Bertz CT molecular complexity index is 748. The Morgan fingerprint density at radius 2 is 1.96 bits per heavy atom. The first kappa shape index (κ1) is 18.5. The number of benzene rings is 1. The maximum Gasteiger partial charge on any atom is 0.313 e. The number of oxazole rings is 1. The first-order valence-electron chi connectivity index (χ1n) is 7.91.